The van der Waals surface area contributed by atoms with E-state index in [4.69, 9.17) is 26.5 Å². The molecule has 35 heavy (non-hydrogen) atoms. The molecule has 0 saturated carbocycles. The van der Waals surface area contributed by atoms with Crippen LogP contribution >= 0.6 is 34.7 Å². The fraction of sp³-hybridized carbons (Fsp3) is 0.120. The number of carbonyl (C=O) groups excluding carboxylic acids is 1. The second kappa shape index (κ2) is 10.1. The number of nitrogens with one attached hydrogen (secondary N) is 1. The van der Waals surface area contributed by atoms with Gasteiger partial charge in [-0.3, -0.25) is 10.2 Å². The molecule has 5 rings (SSSR count). The van der Waals surface area contributed by atoms with Crippen LogP contribution in [0.5, 0.6) is 11.5 Å². The molecule has 1 N–H and O–H groups in total. The van der Waals surface area contributed by atoms with E-state index in [1.165, 1.54) is 16.8 Å². The van der Waals surface area contributed by atoms with Crippen molar-refractivity contribution in [3.05, 3.63) is 86.6 Å². The number of aryl methyl sites for hydroxylation is 1. The number of carbonyl (C=O) groups is 1. The zero-order chi connectivity index (χ0) is 24.4. The van der Waals surface area contributed by atoms with Crippen LogP contribution in [0.1, 0.15) is 16.0 Å². The van der Waals surface area contributed by atoms with E-state index in [1.54, 1.807) is 23.5 Å². The van der Waals surface area contributed by atoms with E-state index in [9.17, 15) is 4.79 Å². The van der Waals surface area contributed by atoms with Gasteiger partial charge in [0, 0.05) is 5.02 Å². The van der Waals surface area contributed by atoms with Crippen molar-refractivity contribution in [2.24, 2.45) is 10.1 Å². The second-order valence-electron chi connectivity index (χ2n) is 7.58. The Balaban J connectivity index is 1.20. The highest BCUT2D eigenvalue weighted by Gasteiger charge is 2.36. The van der Waals surface area contributed by atoms with Crippen molar-refractivity contribution >= 4 is 62.7 Å². The highest BCUT2D eigenvalue weighted by Crippen LogP contribution is 2.32. The molecule has 0 aliphatic carbocycles. The van der Waals surface area contributed by atoms with Crippen LogP contribution in [-0.4, -0.2) is 40.2 Å². The molecule has 1 amide bonds. The zero-order valence-corrected chi connectivity index (χ0v) is 20.9. The minimum atomic E-state index is -0.453. The number of hydrogen-bond acceptors (Lipinski definition) is 7. The van der Waals surface area contributed by atoms with Crippen molar-refractivity contribution < 1.29 is 14.3 Å². The first-order chi connectivity index (χ1) is 17.0. The van der Waals surface area contributed by atoms with Gasteiger partial charge in [0.15, 0.2) is 5.84 Å². The second-order valence-corrected chi connectivity index (χ2v) is 9.89. The number of amidine groups is 2. The topological polar surface area (TPSA) is 87.3 Å². The SMILES string of the molecule is Cc1cc(OCCOc2ccc(/C=C3/C(=N)N4N=C(c5cccs5)SC4=NC3=O)cc2)ccc1Cl. The number of hydrogen-bond donors (Lipinski definition) is 1. The molecule has 2 aromatic carbocycles. The van der Waals surface area contributed by atoms with Gasteiger partial charge in [-0.1, -0.05) is 29.8 Å². The van der Waals surface area contributed by atoms with Gasteiger partial charge >= 0.3 is 0 Å². The number of ether oxygens (including phenoxy) is 2. The number of thioether (sulfide) groups is 1. The molecule has 0 saturated heterocycles. The maximum atomic E-state index is 12.6. The van der Waals surface area contributed by atoms with Crippen molar-refractivity contribution in [3.63, 3.8) is 0 Å². The van der Waals surface area contributed by atoms with Crippen molar-refractivity contribution in [2.45, 2.75) is 6.92 Å². The van der Waals surface area contributed by atoms with Gasteiger partial charge in [0.1, 0.15) is 29.8 Å². The van der Waals surface area contributed by atoms with Crippen LogP contribution in [0.2, 0.25) is 5.02 Å². The number of halogens is 1. The molecule has 0 fully saturated rings. The fourth-order valence-corrected chi connectivity index (χ4v) is 5.15. The van der Waals surface area contributed by atoms with E-state index in [1.807, 2.05) is 60.8 Å². The summed E-state index contributed by atoms with van der Waals surface area (Å²) < 4.78 is 11.4. The van der Waals surface area contributed by atoms with Gasteiger partial charge in [-0.05, 0) is 77.7 Å². The number of nitrogens with zero attached hydrogens (tertiary/aromatic N) is 3. The minimum Gasteiger partial charge on any atom is -0.490 e. The van der Waals surface area contributed by atoms with Crippen LogP contribution in [0.3, 0.4) is 0 Å². The molecule has 3 heterocycles. The molecule has 2 aliphatic heterocycles. The lowest BCUT2D eigenvalue weighted by atomic mass is 10.1. The summed E-state index contributed by atoms with van der Waals surface area (Å²) in [5.41, 5.74) is 1.90. The van der Waals surface area contributed by atoms with E-state index in [-0.39, 0.29) is 11.4 Å². The van der Waals surface area contributed by atoms with E-state index in [0.717, 1.165) is 26.8 Å². The molecular weight excluding hydrogens is 504 g/mol. The normalized spacial score (nSPS) is 16.3. The number of fused-ring (bicyclic) bond motifs is 1. The molecule has 0 radical (unpaired) electrons. The molecule has 0 atom stereocenters. The Morgan fingerprint density at radius 2 is 1.83 bits per heavy atom. The van der Waals surface area contributed by atoms with Crippen molar-refractivity contribution in [1.29, 1.82) is 5.41 Å². The van der Waals surface area contributed by atoms with Gasteiger partial charge < -0.3 is 9.47 Å². The monoisotopic (exact) mass is 522 g/mol. The van der Waals surface area contributed by atoms with E-state index in [0.29, 0.717) is 29.2 Å². The van der Waals surface area contributed by atoms with Gasteiger partial charge in [0.05, 0.1) is 10.5 Å². The summed E-state index contributed by atoms with van der Waals surface area (Å²) in [4.78, 5) is 17.7. The smallest absolute Gasteiger partial charge is 0.283 e. The molecule has 3 aromatic rings. The third kappa shape index (κ3) is 5.17. The first kappa shape index (κ1) is 23.3. The zero-order valence-electron chi connectivity index (χ0n) is 18.5. The predicted octanol–water partition coefficient (Wildman–Crippen LogP) is 5.84. The molecule has 10 heteroatoms. The number of thiophene rings is 1. The molecule has 176 valence electrons. The summed E-state index contributed by atoms with van der Waals surface area (Å²) in [6.45, 7) is 2.69. The van der Waals surface area contributed by atoms with Crippen molar-refractivity contribution in [1.82, 2.24) is 5.01 Å². The molecule has 0 bridgehead atoms. The Kier molecular flexibility index (Phi) is 6.72. The molecule has 2 aliphatic rings. The van der Waals surface area contributed by atoms with Crippen LogP contribution < -0.4 is 9.47 Å². The van der Waals surface area contributed by atoms with Crippen LogP contribution in [0.15, 0.2) is 75.6 Å². The van der Waals surface area contributed by atoms with E-state index >= 15 is 0 Å². The lowest BCUT2D eigenvalue weighted by Crippen LogP contribution is -2.35. The number of benzene rings is 2. The van der Waals surface area contributed by atoms with Gasteiger partial charge in [-0.25, -0.2) is 0 Å². The number of aliphatic imine (C=N–C) groups is 1. The summed E-state index contributed by atoms with van der Waals surface area (Å²) in [6, 6.07) is 16.7. The Morgan fingerprint density at radius 3 is 2.54 bits per heavy atom. The van der Waals surface area contributed by atoms with Crippen LogP contribution in [0.4, 0.5) is 0 Å². The number of rotatable bonds is 7. The maximum Gasteiger partial charge on any atom is 0.283 e. The maximum absolute atomic E-state index is 12.6. The standard InChI is InChI=1S/C25H19ClN4O3S2/c1-15-13-18(8-9-20(15)26)33-11-10-32-17-6-4-16(5-7-17)14-19-22(27)30-25(28-23(19)31)35-24(29-30)21-3-2-12-34-21/h2-9,12-14,27H,10-11H2,1H3/b19-14-,27-22?. The highest BCUT2D eigenvalue weighted by molar-refractivity contribution is 8.27. The fourth-order valence-electron chi connectivity index (χ4n) is 3.34. The lowest BCUT2D eigenvalue weighted by Gasteiger charge is -2.20. The predicted molar refractivity (Wildman–Crippen MR) is 142 cm³/mol. The van der Waals surface area contributed by atoms with Crippen molar-refractivity contribution in [2.75, 3.05) is 13.2 Å². The molecule has 1 aromatic heterocycles. The average Bonchev–Trinajstić information content (AvgIpc) is 3.53. The minimum absolute atomic E-state index is 0.00830. The van der Waals surface area contributed by atoms with E-state index in [2.05, 4.69) is 10.1 Å². The van der Waals surface area contributed by atoms with Crippen LogP contribution in [-0.2, 0) is 4.79 Å². The quantitative estimate of drug-likeness (QED) is 0.311. The van der Waals surface area contributed by atoms with Crippen LogP contribution in [0, 0.1) is 12.3 Å². The van der Waals surface area contributed by atoms with Gasteiger partial charge in [-0.15, -0.1) is 11.3 Å². The van der Waals surface area contributed by atoms with Gasteiger partial charge in [0.25, 0.3) is 5.91 Å². The highest BCUT2D eigenvalue weighted by atomic mass is 35.5. The Morgan fingerprint density at radius 1 is 1.09 bits per heavy atom. The lowest BCUT2D eigenvalue weighted by molar-refractivity contribution is -0.114. The van der Waals surface area contributed by atoms with Crippen molar-refractivity contribution in [3.8, 4) is 11.5 Å². The number of amides is 1. The summed E-state index contributed by atoms with van der Waals surface area (Å²) in [5.74, 6) is 0.973. The summed E-state index contributed by atoms with van der Waals surface area (Å²) >= 11 is 8.88. The van der Waals surface area contributed by atoms with Crippen LogP contribution in [0.25, 0.3) is 6.08 Å². The van der Waals surface area contributed by atoms with E-state index < -0.39 is 5.91 Å². The third-order valence-electron chi connectivity index (χ3n) is 5.13. The van der Waals surface area contributed by atoms with Gasteiger partial charge in [-0.2, -0.15) is 15.1 Å². The Labute approximate surface area is 215 Å². The first-order valence-corrected chi connectivity index (χ1v) is 12.7. The molecule has 0 spiro atoms. The largest absolute Gasteiger partial charge is 0.490 e. The summed E-state index contributed by atoms with van der Waals surface area (Å²) in [7, 11) is 0. The Hall–Kier alpha value is -3.40. The molecule has 7 nitrogen and oxygen atoms in total. The Bertz CT molecular complexity index is 1380. The first-order valence-electron chi connectivity index (χ1n) is 10.6. The number of hydrazone groups is 1. The summed E-state index contributed by atoms with van der Waals surface area (Å²) in [6.07, 6.45) is 1.64. The third-order valence-corrected chi connectivity index (χ3v) is 7.50. The summed E-state index contributed by atoms with van der Waals surface area (Å²) in [5, 5.41) is 18.2. The average molecular weight is 523 g/mol. The molecular formula is C25H19ClN4O3S2. The molecule has 0 unspecified atom stereocenters. The van der Waals surface area contributed by atoms with Gasteiger partial charge in [0.2, 0.25) is 5.17 Å².